The lowest BCUT2D eigenvalue weighted by Gasteiger charge is -2.63. The second kappa shape index (κ2) is 7.69. The van der Waals surface area contributed by atoms with Crippen LogP contribution in [0.4, 0.5) is 17.6 Å². The molecule has 4 aliphatic carbocycles. The lowest BCUT2D eigenvalue weighted by molar-refractivity contribution is -0.432. The predicted octanol–water partition coefficient (Wildman–Crippen LogP) is 4.22. The Kier molecular flexibility index (Phi) is 5.83. The van der Waals surface area contributed by atoms with Crippen LogP contribution in [0.3, 0.4) is 0 Å². The molecule has 1 heterocycles. The highest BCUT2D eigenvalue weighted by Crippen LogP contribution is 2.66. The summed E-state index contributed by atoms with van der Waals surface area (Å²) in [5.41, 5.74) is -0.378. The van der Waals surface area contributed by atoms with Crippen LogP contribution < -0.4 is 0 Å². The maximum absolute atomic E-state index is 13.9. The SMILES string of the molecule is CC(C)(SOOO)C(=O)OCC12CC3CC(C1)C1(OCC(F)(F)C(F)(F)CO1)C(C3)C2. The zero-order chi connectivity index (χ0) is 22.7. The summed E-state index contributed by atoms with van der Waals surface area (Å²) in [7, 11) is 0. The molecule has 0 aromatic heterocycles. The summed E-state index contributed by atoms with van der Waals surface area (Å²) in [6.45, 7) is 0.445. The van der Waals surface area contributed by atoms with Gasteiger partial charge < -0.3 is 14.2 Å². The van der Waals surface area contributed by atoms with E-state index in [4.69, 9.17) is 19.5 Å². The molecule has 5 rings (SSSR count). The monoisotopic (exact) mass is 474 g/mol. The van der Waals surface area contributed by atoms with Crippen LogP contribution in [0, 0.1) is 23.2 Å². The van der Waals surface area contributed by atoms with Gasteiger partial charge in [-0.3, -0.25) is 4.79 Å². The first kappa shape index (κ1) is 23.5. The van der Waals surface area contributed by atoms with E-state index in [9.17, 15) is 22.4 Å². The van der Waals surface area contributed by atoms with Gasteiger partial charge in [0.2, 0.25) is 0 Å². The van der Waals surface area contributed by atoms with Gasteiger partial charge >= 0.3 is 17.8 Å². The molecule has 7 nitrogen and oxygen atoms in total. The van der Waals surface area contributed by atoms with Gasteiger partial charge in [-0.25, -0.2) is 5.26 Å². The third-order valence-corrected chi connectivity index (χ3v) is 7.93. The first-order chi connectivity index (χ1) is 14.3. The molecule has 12 heteroatoms. The molecule has 178 valence electrons. The number of alkyl halides is 4. The average molecular weight is 474 g/mol. The van der Waals surface area contributed by atoms with E-state index >= 15 is 0 Å². The van der Waals surface area contributed by atoms with Crippen LogP contribution in [0.25, 0.3) is 0 Å². The highest BCUT2D eigenvalue weighted by molar-refractivity contribution is 7.96. The number of hydrogen-bond donors (Lipinski definition) is 1. The Hall–Kier alpha value is -0.660. The highest BCUT2D eigenvalue weighted by Gasteiger charge is 2.69. The number of ether oxygens (including phenoxy) is 3. The number of esters is 1. The van der Waals surface area contributed by atoms with Gasteiger partial charge in [-0.05, 0) is 51.9 Å². The Morgan fingerprint density at radius 2 is 1.61 bits per heavy atom. The Bertz CT molecular complexity index is 683. The summed E-state index contributed by atoms with van der Waals surface area (Å²) in [6.07, 6.45) is 3.06. The molecular weight excluding hydrogens is 448 g/mol. The standard InChI is InChI=1S/C19H26F4O7S/c1-15(2,31-30-29-25)14(24)26-8-16-5-11-3-12(6-16)19(13(4-11)7-16)27-9-17(20,21)18(22,23)10-28-19/h11-13,25H,3-10H2,1-2H3. The van der Waals surface area contributed by atoms with Crippen LogP contribution in [-0.4, -0.2) is 53.4 Å². The van der Waals surface area contributed by atoms with Crippen LogP contribution in [0.2, 0.25) is 0 Å². The third kappa shape index (κ3) is 3.97. The Morgan fingerprint density at radius 1 is 1.06 bits per heavy atom. The van der Waals surface area contributed by atoms with Gasteiger partial charge in [0.1, 0.15) is 18.0 Å². The Labute approximate surface area is 181 Å². The summed E-state index contributed by atoms with van der Waals surface area (Å²) in [5.74, 6) is -11.0. The molecule has 1 N–H and O–H groups in total. The van der Waals surface area contributed by atoms with Gasteiger partial charge in [0.05, 0.1) is 18.6 Å². The van der Waals surface area contributed by atoms with E-state index < -0.39 is 41.6 Å². The van der Waals surface area contributed by atoms with Crippen LogP contribution >= 0.6 is 12.0 Å². The quantitative estimate of drug-likeness (QED) is 0.202. The van der Waals surface area contributed by atoms with E-state index in [-0.39, 0.29) is 29.8 Å². The molecule has 31 heavy (non-hydrogen) atoms. The lowest BCUT2D eigenvalue weighted by Crippen LogP contribution is -2.64. The molecular formula is C19H26F4O7S. The lowest BCUT2D eigenvalue weighted by atomic mass is 9.47. The minimum absolute atomic E-state index is 0.113. The van der Waals surface area contributed by atoms with Crippen molar-refractivity contribution in [1.29, 1.82) is 0 Å². The normalized spacial score (nSPS) is 37.6. The van der Waals surface area contributed by atoms with E-state index in [1.165, 1.54) is 0 Å². The first-order valence-electron chi connectivity index (χ1n) is 10.2. The second-order valence-electron chi connectivity index (χ2n) is 9.86. The number of halogens is 4. The molecule has 4 saturated carbocycles. The number of carbonyl (C=O) groups excluding carboxylic acids is 1. The molecule has 2 atom stereocenters. The second-order valence-corrected chi connectivity index (χ2v) is 11.2. The highest BCUT2D eigenvalue weighted by atomic mass is 32.2. The van der Waals surface area contributed by atoms with Gasteiger partial charge in [0, 0.05) is 17.3 Å². The molecule has 1 aliphatic heterocycles. The minimum Gasteiger partial charge on any atom is -0.464 e. The predicted molar refractivity (Wildman–Crippen MR) is 97.9 cm³/mol. The summed E-state index contributed by atoms with van der Waals surface area (Å²) >= 11 is 0.594. The van der Waals surface area contributed by atoms with Gasteiger partial charge in [-0.2, -0.15) is 17.6 Å². The summed E-state index contributed by atoms with van der Waals surface area (Å²) in [4.78, 5) is 12.5. The molecule has 0 aromatic carbocycles. The third-order valence-electron chi connectivity index (χ3n) is 7.22. The van der Waals surface area contributed by atoms with Crippen molar-refractivity contribution in [3.63, 3.8) is 0 Å². The fraction of sp³-hybridized carbons (Fsp3) is 0.947. The topological polar surface area (TPSA) is 83.5 Å². The smallest absolute Gasteiger partial charge is 0.335 e. The molecule has 0 radical (unpaired) electrons. The van der Waals surface area contributed by atoms with Gasteiger partial charge in [-0.1, -0.05) is 5.04 Å². The summed E-state index contributed by atoms with van der Waals surface area (Å²) in [6, 6.07) is 0. The molecule has 1 saturated heterocycles. The first-order valence-corrected chi connectivity index (χ1v) is 11.0. The van der Waals surface area contributed by atoms with E-state index in [1.54, 1.807) is 13.8 Å². The summed E-state index contributed by atoms with van der Waals surface area (Å²) < 4.78 is 75.2. The number of carbonyl (C=O) groups is 1. The van der Waals surface area contributed by atoms with Gasteiger partial charge in [0.25, 0.3) is 0 Å². The van der Waals surface area contributed by atoms with Crippen molar-refractivity contribution in [2.45, 2.75) is 68.3 Å². The van der Waals surface area contributed by atoms with Crippen molar-refractivity contribution in [3.8, 4) is 0 Å². The molecule has 0 aromatic rings. The maximum atomic E-state index is 13.9. The van der Waals surface area contributed by atoms with Crippen molar-refractivity contribution in [2.75, 3.05) is 19.8 Å². The van der Waals surface area contributed by atoms with Crippen molar-refractivity contribution in [1.82, 2.24) is 0 Å². The fourth-order valence-corrected chi connectivity index (χ4v) is 6.25. The molecule has 5 fully saturated rings. The average Bonchev–Trinajstić information content (AvgIpc) is 2.78. The van der Waals surface area contributed by atoms with Crippen LogP contribution in [0.5, 0.6) is 0 Å². The summed E-state index contributed by atoms with van der Waals surface area (Å²) in [5, 5.41) is 11.8. The fourth-order valence-electron chi connectivity index (χ4n) is 5.92. The molecule has 1 spiro atoms. The van der Waals surface area contributed by atoms with Gasteiger partial charge in [0.15, 0.2) is 5.79 Å². The molecule has 2 unspecified atom stereocenters. The van der Waals surface area contributed by atoms with E-state index in [2.05, 4.69) is 9.37 Å². The molecule has 5 aliphatic rings. The van der Waals surface area contributed by atoms with Gasteiger partial charge in [-0.15, -0.1) is 4.33 Å². The van der Waals surface area contributed by atoms with Crippen LogP contribution in [-0.2, 0) is 28.4 Å². The van der Waals surface area contributed by atoms with Crippen LogP contribution in [0.1, 0.15) is 46.0 Å². The Balaban J connectivity index is 1.47. The van der Waals surface area contributed by atoms with Crippen molar-refractivity contribution >= 4 is 18.0 Å². The molecule has 0 amide bonds. The van der Waals surface area contributed by atoms with E-state index in [1.807, 2.05) is 0 Å². The van der Waals surface area contributed by atoms with Crippen molar-refractivity contribution in [3.05, 3.63) is 0 Å². The minimum atomic E-state index is -4.29. The molecule has 4 bridgehead atoms. The van der Waals surface area contributed by atoms with Crippen molar-refractivity contribution < 1.29 is 51.2 Å². The zero-order valence-corrected chi connectivity index (χ0v) is 18.0. The maximum Gasteiger partial charge on any atom is 0.335 e. The van der Waals surface area contributed by atoms with E-state index in [0.717, 1.165) is 6.42 Å². The number of hydrogen-bond acceptors (Lipinski definition) is 8. The Morgan fingerprint density at radius 3 is 2.13 bits per heavy atom. The van der Waals surface area contributed by atoms with Crippen molar-refractivity contribution in [2.24, 2.45) is 23.2 Å². The van der Waals surface area contributed by atoms with E-state index in [0.29, 0.717) is 37.7 Å². The number of rotatable bonds is 6. The van der Waals surface area contributed by atoms with Crippen LogP contribution in [0.15, 0.2) is 0 Å². The largest absolute Gasteiger partial charge is 0.464 e. The zero-order valence-electron chi connectivity index (χ0n) is 17.2.